The zero-order valence-electron chi connectivity index (χ0n) is 16.8. The van der Waals surface area contributed by atoms with Gasteiger partial charge in [0.25, 0.3) is 0 Å². The Hall–Kier alpha value is -1.63. The van der Waals surface area contributed by atoms with E-state index in [-0.39, 0.29) is 42.2 Å². The van der Waals surface area contributed by atoms with Crippen LogP contribution in [0.4, 0.5) is 5.69 Å². The first-order valence-electron chi connectivity index (χ1n) is 10.8. The number of hydrogen-bond donors (Lipinski definition) is 1. The van der Waals surface area contributed by atoms with Crippen LogP contribution in [0, 0.1) is 17.8 Å². The van der Waals surface area contributed by atoms with Crippen molar-refractivity contribution in [2.75, 3.05) is 37.6 Å². The van der Waals surface area contributed by atoms with Crippen LogP contribution >= 0.6 is 12.4 Å². The number of halogens is 1. The number of fused-ring (bicyclic) bond motifs is 2. The monoisotopic (exact) mass is 418 g/mol. The van der Waals surface area contributed by atoms with E-state index in [2.05, 4.69) is 4.90 Å². The normalized spacial score (nSPS) is 34.5. The molecule has 2 amide bonds. The van der Waals surface area contributed by atoms with Crippen LogP contribution in [0.1, 0.15) is 25.7 Å². The van der Waals surface area contributed by atoms with Gasteiger partial charge in [0.1, 0.15) is 0 Å². The number of nitrogens with zero attached hydrogens (tertiary/aromatic N) is 3. The summed E-state index contributed by atoms with van der Waals surface area (Å²) in [6, 6.07) is 9.91. The summed E-state index contributed by atoms with van der Waals surface area (Å²) in [5.74, 6) is 1.55. The van der Waals surface area contributed by atoms with E-state index in [0.29, 0.717) is 24.9 Å². The predicted molar refractivity (Wildman–Crippen MR) is 115 cm³/mol. The highest BCUT2D eigenvalue weighted by molar-refractivity contribution is 5.99. The van der Waals surface area contributed by atoms with E-state index in [0.717, 1.165) is 38.2 Å². The maximum atomic E-state index is 13.1. The molecule has 5 atom stereocenters. The lowest BCUT2D eigenvalue weighted by Gasteiger charge is -2.40. The zero-order valence-corrected chi connectivity index (χ0v) is 17.6. The van der Waals surface area contributed by atoms with Crippen LogP contribution in [0.25, 0.3) is 0 Å². The van der Waals surface area contributed by atoms with Crippen molar-refractivity contribution in [3.05, 3.63) is 30.3 Å². The Morgan fingerprint density at radius 2 is 1.62 bits per heavy atom. The molecule has 2 aliphatic heterocycles. The molecule has 5 unspecified atom stereocenters. The molecule has 0 aromatic heterocycles. The highest BCUT2D eigenvalue weighted by Crippen LogP contribution is 2.48. The summed E-state index contributed by atoms with van der Waals surface area (Å²) < 4.78 is 0. The van der Waals surface area contributed by atoms with Gasteiger partial charge in [-0.15, -0.1) is 12.4 Å². The second-order valence-corrected chi connectivity index (χ2v) is 8.93. The average Bonchev–Trinajstić information content (AvgIpc) is 3.43. The summed E-state index contributed by atoms with van der Waals surface area (Å²) >= 11 is 0. The fraction of sp³-hybridized carbons (Fsp3) is 0.636. The summed E-state index contributed by atoms with van der Waals surface area (Å²) in [5.41, 5.74) is 7.36. The van der Waals surface area contributed by atoms with E-state index in [1.54, 1.807) is 0 Å². The molecular formula is C22H31ClN4O2. The van der Waals surface area contributed by atoms with Gasteiger partial charge in [-0.1, -0.05) is 18.2 Å². The average molecular weight is 419 g/mol. The number of rotatable bonds is 3. The Bertz CT molecular complexity index is 750. The zero-order chi connectivity index (χ0) is 19.3. The fourth-order valence-corrected chi connectivity index (χ4v) is 6.04. The highest BCUT2D eigenvalue weighted by atomic mass is 35.5. The topological polar surface area (TPSA) is 69.9 Å². The molecule has 2 saturated heterocycles. The molecule has 4 fully saturated rings. The SMILES string of the molecule is Cl.NC1C2CCC(C2)C1C(=O)N1CCN(C2CCN(c3ccccc3)C2=O)CC1. The van der Waals surface area contributed by atoms with Crippen LogP contribution < -0.4 is 10.6 Å². The van der Waals surface area contributed by atoms with Crippen molar-refractivity contribution in [3.8, 4) is 0 Å². The van der Waals surface area contributed by atoms with E-state index < -0.39 is 0 Å². The van der Waals surface area contributed by atoms with Crippen LogP contribution in [-0.4, -0.2) is 66.4 Å². The summed E-state index contributed by atoms with van der Waals surface area (Å²) in [7, 11) is 0. The lowest BCUT2D eigenvalue weighted by molar-refractivity contribution is -0.140. The number of amides is 2. The number of benzene rings is 1. The van der Waals surface area contributed by atoms with Crippen molar-refractivity contribution in [2.45, 2.75) is 37.8 Å². The first-order chi connectivity index (χ1) is 13.6. The van der Waals surface area contributed by atoms with Gasteiger partial charge in [0.15, 0.2) is 0 Å². The Morgan fingerprint density at radius 1 is 0.931 bits per heavy atom. The number of anilines is 1. The Morgan fingerprint density at radius 3 is 2.28 bits per heavy atom. The first kappa shape index (κ1) is 20.6. The molecule has 2 bridgehead atoms. The van der Waals surface area contributed by atoms with Crippen molar-refractivity contribution in [2.24, 2.45) is 23.5 Å². The molecule has 4 aliphatic rings. The minimum atomic E-state index is -0.0535. The van der Waals surface area contributed by atoms with E-state index >= 15 is 0 Å². The van der Waals surface area contributed by atoms with Gasteiger partial charge in [0.05, 0.1) is 12.0 Å². The lowest BCUT2D eigenvalue weighted by Crippen LogP contribution is -2.56. The van der Waals surface area contributed by atoms with E-state index in [9.17, 15) is 9.59 Å². The van der Waals surface area contributed by atoms with Crippen LogP contribution in [0.2, 0.25) is 0 Å². The maximum Gasteiger partial charge on any atom is 0.244 e. The molecular weight excluding hydrogens is 388 g/mol. The Balaban J connectivity index is 0.00000205. The Kier molecular flexibility index (Phi) is 5.87. The molecule has 29 heavy (non-hydrogen) atoms. The second kappa shape index (κ2) is 8.25. The minimum absolute atomic E-state index is 0. The number of carbonyl (C=O) groups is 2. The van der Waals surface area contributed by atoms with Crippen molar-refractivity contribution in [3.63, 3.8) is 0 Å². The largest absolute Gasteiger partial charge is 0.340 e. The number of nitrogens with two attached hydrogens (primary N) is 1. The molecule has 7 heteroatoms. The Labute approximate surface area is 178 Å². The van der Waals surface area contributed by atoms with E-state index in [1.165, 1.54) is 12.8 Å². The van der Waals surface area contributed by atoms with Gasteiger partial charge < -0.3 is 15.5 Å². The van der Waals surface area contributed by atoms with Crippen LogP contribution in [-0.2, 0) is 9.59 Å². The molecule has 0 spiro atoms. The number of piperazine rings is 1. The van der Waals surface area contributed by atoms with E-state index in [1.807, 2.05) is 40.1 Å². The molecule has 5 rings (SSSR count). The van der Waals surface area contributed by atoms with Crippen molar-refractivity contribution in [1.82, 2.24) is 9.80 Å². The fourth-order valence-electron chi connectivity index (χ4n) is 6.04. The van der Waals surface area contributed by atoms with Crippen LogP contribution in [0.15, 0.2) is 30.3 Å². The van der Waals surface area contributed by atoms with Gasteiger partial charge in [-0.2, -0.15) is 0 Å². The maximum absolute atomic E-state index is 13.1. The third-order valence-electron chi connectivity index (χ3n) is 7.58. The molecule has 2 heterocycles. The molecule has 2 N–H and O–H groups in total. The van der Waals surface area contributed by atoms with Gasteiger partial charge >= 0.3 is 0 Å². The van der Waals surface area contributed by atoms with Gasteiger partial charge in [-0.25, -0.2) is 0 Å². The summed E-state index contributed by atoms with van der Waals surface area (Å²) in [6.45, 7) is 3.76. The van der Waals surface area contributed by atoms with Gasteiger partial charge in [0.2, 0.25) is 11.8 Å². The second-order valence-electron chi connectivity index (χ2n) is 8.93. The third-order valence-corrected chi connectivity index (χ3v) is 7.58. The van der Waals surface area contributed by atoms with Crippen molar-refractivity contribution < 1.29 is 9.59 Å². The molecule has 6 nitrogen and oxygen atoms in total. The first-order valence-corrected chi connectivity index (χ1v) is 10.8. The van der Waals surface area contributed by atoms with Crippen molar-refractivity contribution >= 4 is 29.9 Å². The molecule has 158 valence electrons. The van der Waals surface area contributed by atoms with Gasteiger partial charge in [0, 0.05) is 44.5 Å². The summed E-state index contributed by atoms with van der Waals surface area (Å²) in [6.07, 6.45) is 4.37. The van der Waals surface area contributed by atoms with Gasteiger partial charge in [-0.05, 0) is 49.7 Å². The summed E-state index contributed by atoms with van der Waals surface area (Å²) in [5, 5.41) is 0. The third kappa shape index (κ3) is 3.56. The molecule has 1 aromatic rings. The standard InChI is InChI=1S/C22H30N4O2.ClH/c23-20-16-7-6-15(14-16)19(20)22(28)25-12-10-24(11-13-25)18-8-9-26(21(18)27)17-4-2-1-3-5-17;/h1-5,15-16,18-20H,6-14,23H2;1H. The molecule has 2 aliphatic carbocycles. The quantitative estimate of drug-likeness (QED) is 0.811. The van der Waals surface area contributed by atoms with Gasteiger partial charge in [-0.3, -0.25) is 14.5 Å². The number of para-hydroxylation sites is 1. The molecule has 1 aromatic carbocycles. The number of carbonyl (C=O) groups excluding carboxylic acids is 2. The lowest BCUT2D eigenvalue weighted by atomic mass is 9.84. The van der Waals surface area contributed by atoms with E-state index in [4.69, 9.17) is 5.73 Å². The number of hydrogen-bond acceptors (Lipinski definition) is 4. The smallest absolute Gasteiger partial charge is 0.244 e. The van der Waals surface area contributed by atoms with Crippen LogP contribution in [0.3, 0.4) is 0 Å². The van der Waals surface area contributed by atoms with Crippen LogP contribution in [0.5, 0.6) is 0 Å². The molecule has 0 radical (unpaired) electrons. The molecule has 2 saturated carbocycles. The minimum Gasteiger partial charge on any atom is -0.340 e. The highest BCUT2D eigenvalue weighted by Gasteiger charge is 2.50. The predicted octanol–water partition coefficient (Wildman–Crippen LogP) is 1.73. The summed E-state index contributed by atoms with van der Waals surface area (Å²) in [4.78, 5) is 32.2. The van der Waals surface area contributed by atoms with Crippen molar-refractivity contribution in [1.29, 1.82) is 0 Å².